The van der Waals surface area contributed by atoms with Crippen LogP contribution in [0.1, 0.15) is 10.4 Å². The summed E-state index contributed by atoms with van der Waals surface area (Å²) >= 11 is 5.54. The van der Waals surface area contributed by atoms with Crippen molar-refractivity contribution >= 4 is 17.6 Å². The van der Waals surface area contributed by atoms with Gasteiger partial charge in [-0.25, -0.2) is 4.79 Å². The first-order chi connectivity index (χ1) is 4.72. The van der Waals surface area contributed by atoms with Gasteiger partial charge >= 0.3 is 5.97 Å². The van der Waals surface area contributed by atoms with E-state index in [2.05, 4.69) is 0 Å². The van der Waals surface area contributed by atoms with Gasteiger partial charge in [-0.15, -0.1) is 0 Å². The molecule has 4 heteroatoms. The van der Waals surface area contributed by atoms with Crippen LogP contribution in [-0.2, 0) is 22.4 Å². The molecular weight excluding hydrogens is 259 g/mol. The Balaban J connectivity index is 0.000001000. The van der Waals surface area contributed by atoms with E-state index < -0.39 is 5.97 Å². The molecule has 0 heterocycles. The maximum atomic E-state index is 10.3. The molecule has 2 nitrogen and oxygen atoms in total. The smallest absolute Gasteiger partial charge is 0.337 e. The first-order valence-electron chi connectivity index (χ1n) is 2.69. The molecule has 0 fully saturated rings. The summed E-state index contributed by atoms with van der Waals surface area (Å²) in [4.78, 5) is 10.3. The minimum Gasteiger partial charge on any atom is -0.478 e. The van der Waals surface area contributed by atoms with E-state index in [-0.39, 0.29) is 33.0 Å². The minimum atomic E-state index is -0.995. The number of hydrogen-bond acceptors (Lipinski definition) is 1. The van der Waals surface area contributed by atoms with Crippen LogP contribution in [0.5, 0.6) is 0 Å². The summed E-state index contributed by atoms with van der Waals surface area (Å²) in [7, 11) is 0. The predicted octanol–water partition coefficient (Wildman–Crippen LogP) is 2.04. The van der Waals surface area contributed by atoms with Crippen molar-refractivity contribution in [3.63, 3.8) is 0 Å². The Morgan fingerprint density at radius 1 is 1.36 bits per heavy atom. The number of aromatic carboxylic acids is 1. The van der Waals surface area contributed by atoms with Crippen LogP contribution in [0.15, 0.2) is 24.3 Å². The van der Waals surface area contributed by atoms with Crippen LogP contribution in [0.3, 0.4) is 0 Å². The Morgan fingerprint density at radius 2 is 1.91 bits per heavy atom. The van der Waals surface area contributed by atoms with Gasteiger partial charge in [-0.05, 0) is 12.1 Å². The molecule has 0 saturated carbocycles. The number of hydrogen-bond donors (Lipinski definition) is 1. The van der Waals surface area contributed by atoms with Crippen molar-refractivity contribution in [1.29, 1.82) is 0 Å². The zero-order valence-corrected chi connectivity index (χ0v) is 7.58. The normalized spacial score (nSPS) is 8.45. The van der Waals surface area contributed by atoms with E-state index in [1.807, 2.05) is 0 Å². The molecule has 0 aliphatic carbocycles. The summed E-state index contributed by atoms with van der Waals surface area (Å²) in [6, 6.07) is 6.33. The molecule has 0 aromatic heterocycles. The second kappa shape index (κ2) is 4.57. The van der Waals surface area contributed by atoms with Gasteiger partial charge in [0.15, 0.2) is 0 Å². The molecular formula is C7H5AgClO2. The quantitative estimate of drug-likeness (QED) is 0.788. The molecule has 0 aliphatic heterocycles. The SMILES string of the molecule is O=C(O)c1ccccc1Cl.[Ag]. The van der Waals surface area contributed by atoms with Gasteiger partial charge in [-0.1, -0.05) is 23.7 Å². The Labute approximate surface area is 84.7 Å². The molecule has 11 heavy (non-hydrogen) atoms. The summed E-state index contributed by atoms with van der Waals surface area (Å²) in [5.41, 5.74) is 0.143. The van der Waals surface area contributed by atoms with Gasteiger partial charge in [0.1, 0.15) is 0 Å². The Bertz CT molecular complexity index is 262. The van der Waals surface area contributed by atoms with E-state index in [1.54, 1.807) is 18.2 Å². The van der Waals surface area contributed by atoms with Crippen molar-refractivity contribution in [2.75, 3.05) is 0 Å². The summed E-state index contributed by atoms with van der Waals surface area (Å²) in [6.45, 7) is 0. The number of rotatable bonds is 1. The van der Waals surface area contributed by atoms with Crippen molar-refractivity contribution in [2.45, 2.75) is 0 Å². The first kappa shape index (κ1) is 10.7. The third-order valence-electron chi connectivity index (χ3n) is 1.10. The Kier molecular flexibility index (Phi) is 4.45. The average molecular weight is 264 g/mol. The average Bonchev–Trinajstić information content (AvgIpc) is 1.88. The fourth-order valence-electron chi connectivity index (χ4n) is 0.635. The van der Waals surface area contributed by atoms with Crippen molar-refractivity contribution in [1.82, 2.24) is 0 Å². The third-order valence-corrected chi connectivity index (χ3v) is 1.43. The molecule has 1 aromatic rings. The van der Waals surface area contributed by atoms with Crippen molar-refractivity contribution in [3.8, 4) is 0 Å². The van der Waals surface area contributed by atoms with E-state index in [0.29, 0.717) is 0 Å². The number of benzene rings is 1. The topological polar surface area (TPSA) is 37.3 Å². The summed E-state index contributed by atoms with van der Waals surface area (Å²) < 4.78 is 0. The predicted molar refractivity (Wildman–Crippen MR) is 38.4 cm³/mol. The van der Waals surface area contributed by atoms with Gasteiger partial charge in [0, 0.05) is 22.4 Å². The molecule has 0 saturated heterocycles. The summed E-state index contributed by atoms with van der Waals surface area (Å²) in [6.07, 6.45) is 0. The van der Waals surface area contributed by atoms with E-state index >= 15 is 0 Å². The third kappa shape index (κ3) is 2.67. The zero-order valence-electron chi connectivity index (χ0n) is 5.34. The van der Waals surface area contributed by atoms with Crippen molar-refractivity contribution in [3.05, 3.63) is 34.9 Å². The molecule has 0 atom stereocenters. The van der Waals surface area contributed by atoms with Crippen LogP contribution >= 0.6 is 11.6 Å². The number of carboxylic acids is 1. The van der Waals surface area contributed by atoms with Gasteiger partial charge in [-0.2, -0.15) is 0 Å². The molecule has 1 rings (SSSR count). The fraction of sp³-hybridized carbons (Fsp3) is 0. The number of halogens is 1. The fourth-order valence-corrected chi connectivity index (χ4v) is 0.851. The van der Waals surface area contributed by atoms with Crippen LogP contribution in [0.4, 0.5) is 0 Å². The maximum absolute atomic E-state index is 10.3. The molecule has 0 amide bonds. The number of carbonyl (C=O) groups is 1. The van der Waals surface area contributed by atoms with Gasteiger partial charge in [0.05, 0.1) is 10.6 Å². The van der Waals surface area contributed by atoms with E-state index in [9.17, 15) is 4.79 Å². The second-order valence-corrected chi connectivity index (χ2v) is 2.19. The Morgan fingerprint density at radius 3 is 2.27 bits per heavy atom. The first-order valence-corrected chi connectivity index (χ1v) is 3.07. The van der Waals surface area contributed by atoms with Crippen LogP contribution in [-0.4, -0.2) is 11.1 Å². The molecule has 63 valence electrons. The van der Waals surface area contributed by atoms with Crippen molar-refractivity contribution in [2.24, 2.45) is 0 Å². The Hall–Kier alpha value is -0.280. The summed E-state index contributed by atoms with van der Waals surface area (Å²) in [5, 5.41) is 8.75. The minimum absolute atomic E-state index is 0. The molecule has 0 unspecified atom stereocenters. The van der Waals surface area contributed by atoms with Crippen LogP contribution in [0.25, 0.3) is 0 Å². The van der Waals surface area contributed by atoms with E-state index in [0.717, 1.165) is 0 Å². The summed E-state index contributed by atoms with van der Waals surface area (Å²) in [5.74, 6) is -0.995. The largest absolute Gasteiger partial charge is 0.478 e. The molecule has 0 bridgehead atoms. The number of carboxylic acid groups (broad SMARTS) is 1. The zero-order chi connectivity index (χ0) is 7.56. The van der Waals surface area contributed by atoms with E-state index in [4.69, 9.17) is 16.7 Å². The second-order valence-electron chi connectivity index (χ2n) is 1.78. The van der Waals surface area contributed by atoms with E-state index in [1.165, 1.54) is 6.07 Å². The van der Waals surface area contributed by atoms with Gasteiger partial charge in [0.2, 0.25) is 0 Å². The van der Waals surface area contributed by atoms with Gasteiger partial charge in [-0.3, -0.25) is 0 Å². The van der Waals surface area contributed by atoms with Crippen LogP contribution in [0, 0.1) is 0 Å². The maximum Gasteiger partial charge on any atom is 0.337 e. The van der Waals surface area contributed by atoms with Crippen LogP contribution in [0.2, 0.25) is 5.02 Å². The molecule has 0 aliphatic rings. The van der Waals surface area contributed by atoms with Crippen molar-refractivity contribution < 1.29 is 32.3 Å². The molecule has 1 radical (unpaired) electrons. The molecule has 1 aromatic carbocycles. The molecule has 0 spiro atoms. The van der Waals surface area contributed by atoms with Gasteiger partial charge in [0.25, 0.3) is 0 Å². The van der Waals surface area contributed by atoms with Crippen LogP contribution < -0.4 is 0 Å². The molecule has 1 N–H and O–H groups in total. The standard InChI is InChI=1S/C7H5ClO2.Ag/c8-6-4-2-1-3-5(6)7(9)10;/h1-4H,(H,9,10);. The van der Waals surface area contributed by atoms with Gasteiger partial charge < -0.3 is 5.11 Å². The monoisotopic (exact) mass is 263 g/mol.